The lowest BCUT2D eigenvalue weighted by Gasteiger charge is -2.18. The molecule has 0 bridgehead atoms. The second kappa shape index (κ2) is 16.2. The summed E-state index contributed by atoms with van der Waals surface area (Å²) >= 11 is 13.8. The Hall–Kier alpha value is -4.33. The zero-order valence-corrected chi connectivity index (χ0v) is 28.4. The van der Waals surface area contributed by atoms with Gasteiger partial charge >= 0.3 is 0 Å². The molecule has 5 rings (SSSR count). The number of nitrogens with zero attached hydrogens (tertiary/aromatic N) is 4. The molecule has 4 heterocycles. The van der Waals surface area contributed by atoms with Crippen molar-refractivity contribution < 1.29 is 24.2 Å². The van der Waals surface area contributed by atoms with Crippen molar-refractivity contribution in [2.24, 2.45) is 0 Å². The summed E-state index contributed by atoms with van der Waals surface area (Å²) in [5.41, 5.74) is 4.27. The number of nitrogens with one attached hydrogen (secondary N) is 3. The molecular weight excluding hydrogens is 657 g/mol. The van der Waals surface area contributed by atoms with Gasteiger partial charge in [-0.2, -0.15) is 0 Å². The summed E-state index contributed by atoms with van der Waals surface area (Å²) in [7, 11) is 4.95. The maximum atomic E-state index is 13.3. The second-order valence-corrected chi connectivity index (χ2v) is 12.0. The first kappa shape index (κ1) is 35.0. The number of carbonyl (C=O) groups is 2. The van der Waals surface area contributed by atoms with E-state index < -0.39 is 5.91 Å². The molecule has 1 aromatic carbocycles. The summed E-state index contributed by atoms with van der Waals surface area (Å²) in [6, 6.07) is 12.5. The molecule has 1 fully saturated rings. The van der Waals surface area contributed by atoms with E-state index >= 15 is 0 Å². The van der Waals surface area contributed by atoms with E-state index in [1.165, 1.54) is 13.3 Å². The van der Waals surface area contributed by atoms with Crippen molar-refractivity contribution in [3.8, 4) is 34.1 Å². The fraction of sp³-hybridized carbons (Fsp3) is 0.324. The van der Waals surface area contributed by atoms with Crippen LogP contribution in [-0.4, -0.2) is 83.8 Å². The van der Waals surface area contributed by atoms with Crippen LogP contribution in [0, 0.1) is 0 Å². The normalized spacial score (nSPS) is 14.2. The number of anilines is 1. The van der Waals surface area contributed by atoms with Crippen molar-refractivity contribution in [3.05, 3.63) is 81.7 Å². The second-order valence-electron chi connectivity index (χ2n) is 11.3. The Bertz CT molecular complexity index is 1790. The Labute approximate surface area is 288 Å². The van der Waals surface area contributed by atoms with Gasteiger partial charge in [-0.05, 0) is 37.7 Å². The number of methoxy groups -OCH3 is 2. The number of hydrogen-bond acceptors (Lipinski definition) is 10. The third kappa shape index (κ3) is 8.20. The van der Waals surface area contributed by atoms with Crippen molar-refractivity contribution in [3.63, 3.8) is 0 Å². The topological polar surface area (TPSA) is 151 Å². The first-order valence-corrected chi connectivity index (χ1v) is 16.1. The van der Waals surface area contributed by atoms with Gasteiger partial charge < -0.3 is 30.5 Å². The number of likely N-dealkylation sites (N-methyl/N-ethyl adjacent to an activating group) is 1. The van der Waals surface area contributed by atoms with Gasteiger partial charge in [0.05, 0.1) is 54.1 Å². The Morgan fingerprint density at radius 3 is 2.65 bits per heavy atom. The fourth-order valence-electron chi connectivity index (χ4n) is 5.43. The van der Waals surface area contributed by atoms with Gasteiger partial charge in [0.15, 0.2) is 0 Å². The number of amides is 2. The lowest BCUT2D eigenvalue weighted by Crippen LogP contribution is -2.35. The SMILES string of the molecule is COc1cnc(C(=O)Nc2cccc(-c3nccc(-c4ccc(CNCC5CCC(=O)N5)c(OC)n4)c3Cl)c2Cl)cc1CN(C)CCO. The van der Waals surface area contributed by atoms with Crippen LogP contribution in [0.3, 0.4) is 0 Å². The van der Waals surface area contributed by atoms with Gasteiger partial charge in [-0.1, -0.05) is 41.4 Å². The van der Waals surface area contributed by atoms with Crippen LogP contribution in [0.15, 0.2) is 54.9 Å². The maximum absolute atomic E-state index is 13.3. The number of halogens is 2. The highest BCUT2D eigenvalue weighted by molar-refractivity contribution is 6.39. The lowest BCUT2D eigenvalue weighted by molar-refractivity contribution is -0.119. The molecule has 252 valence electrons. The van der Waals surface area contributed by atoms with Crippen LogP contribution in [0.2, 0.25) is 10.0 Å². The molecule has 3 aromatic heterocycles. The van der Waals surface area contributed by atoms with E-state index in [1.54, 1.807) is 43.6 Å². The van der Waals surface area contributed by atoms with Crippen molar-refractivity contribution in [1.82, 2.24) is 30.5 Å². The molecule has 4 N–H and O–H groups in total. The van der Waals surface area contributed by atoms with E-state index in [4.69, 9.17) is 37.7 Å². The summed E-state index contributed by atoms with van der Waals surface area (Å²) in [6.45, 7) is 2.08. The van der Waals surface area contributed by atoms with E-state index in [0.29, 0.717) is 77.5 Å². The largest absolute Gasteiger partial charge is 0.495 e. The monoisotopic (exact) mass is 693 g/mol. The number of ether oxygens (including phenoxy) is 2. The van der Waals surface area contributed by atoms with Gasteiger partial charge in [0.2, 0.25) is 11.8 Å². The van der Waals surface area contributed by atoms with E-state index in [2.05, 4.69) is 25.9 Å². The summed E-state index contributed by atoms with van der Waals surface area (Å²) in [5, 5.41) is 19.0. The van der Waals surface area contributed by atoms with Gasteiger partial charge in [-0.25, -0.2) is 9.97 Å². The average Bonchev–Trinajstić information content (AvgIpc) is 3.50. The minimum Gasteiger partial charge on any atom is -0.495 e. The molecule has 2 amide bonds. The van der Waals surface area contributed by atoms with Crippen molar-refractivity contribution in [2.75, 3.05) is 46.3 Å². The third-order valence-corrected chi connectivity index (χ3v) is 8.70. The van der Waals surface area contributed by atoms with Crippen LogP contribution in [0.25, 0.3) is 22.5 Å². The van der Waals surface area contributed by atoms with Gasteiger partial charge in [-0.15, -0.1) is 0 Å². The molecule has 0 radical (unpaired) electrons. The quantitative estimate of drug-likeness (QED) is 0.148. The summed E-state index contributed by atoms with van der Waals surface area (Å²) in [4.78, 5) is 40.2. The molecule has 12 nitrogen and oxygen atoms in total. The van der Waals surface area contributed by atoms with Crippen LogP contribution in [0.5, 0.6) is 11.6 Å². The molecule has 48 heavy (non-hydrogen) atoms. The van der Waals surface area contributed by atoms with E-state index in [9.17, 15) is 14.7 Å². The Morgan fingerprint density at radius 1 is 1.08 bits per heavy atom. The van der Waals surface area contributed by atoms with Crippen LogP contribution in [0.4, 0.5) is 5.69 Å². The van der Waals surface area contributed by atoms with Gasteiger partial charge in [0, 0.05) is 67.1 Å². The fourth-order valence-corrected chi connectivity index (χ4v) is 6.00. The number of aliphatic hydroxyl groups is 1. The number of carbonyl (C=O) groups excluding carboxylic acids is 2. The Kier molecular flexibility index (Phi) is 11.8. The number of aliphatic hydroxyl groups excluding tert-OH is 1. The Morgan fingerprint density at radius 2 is 1.92 bits per heavy atom. The van der Waals surface area contributed by atoms with Crippen LogP contribution in [-0.2, 0) is 17.9 Å². The molecule has 1 atom stereocenters. The van der Waals surface area contributed by atoms with Gasteiger partial charge in [0.1, 0.15) is 11.4 Å². The average molecular weight is 695 g/mol. The van der Waals surface area contributed by atoms with E-state index in [-0.39, 0.29) is 29.3 Å². The van der Waals surface area contributed by atoms with Crippen LogP contribution >= 0.6 is 23.2 Å². The Balaban J connectivity index is 1.35. The van der Waals surface area contributed by atoms with Crippen molar-refractivity contribution in [1.29, 1.82) is 0 Å². The number of rotatable bonds is 14. The van der Waals surface area contributed by atoms with E-state index in [1.807, 2.05) is 24.1 Å². The molecule has 14 heteroatoms. The zero-order chi connectivity index (χ0) is 34.2. The van der Waals surface area contributed by atoms with Gasteiger partial charge in [0.25, 0.3) is 5.91 Å². The highest BCUT2D eigenvalue weighted by Crippen LogP contribution is 2.40. The molecule has 0 saturated carbocycles. The van der Waals surface area contributed by atoms with Crippen LogP contribution < -0.4 is 25.4 Å². The van der Waals surface area contributed by atoms with Crippen LogP contribution in [0.1, 0.15) is 34.5 Å². The maximum Gasteiger partial charge on any atom is 0.274 e. The first-order chi connectivity index (χ1) is 23.2. The lowest BCUT2D eigenvalue weighted by atomic mass is 10.1. The number of hydrogen-bond donors (Lipinski definition) is 4. The summed E-state index contributed by atoms with van der Waals surface area (Å²) in [6.07, 6.45) is 4.48. The van der Waals surface area contributed by atoms with E-state index in [0.717, 1.165) is 17.5 Å². The molecule has 1 saturated heterocycles. The van der Waals surface area contributed by atoms with Crippen molar-refractivity contribution >= 4 is 40.7 Å². The smallest absolute Gasteiger partial charge is 0.274 e. The molecule has 0 aliphatic carbocycles. The molecule has 1 aliphatic heterocycles. The summed E-state index contributed by atoms with van der Waals surface area (Å²) < 4.78 is 11.0. The highest BCUT2D eigenvalue weighted by atomic mass is 35.5. The number of benzene rings is 1. The summed E-state index contributed by atoms with van der Waals surface area (Å²) in [5.74, 6) is 0.597. The molecule has 1 aliphatic rings. The predicted molar refractivity (Wildman–Crippen MR) is 185 cm³/mol. The van der Waals surface area contributed by atoms with Crippen molar-refractivity contribution in [2.45, 2.75) is 32.0 Å². The molecule has 4 aromatic rings. The zero-order valence-electron chi connectivity index (χ0n) is 26.8. The predicted octanol–water partition coefficient (Wildman–Crippen LogP) is 4.57. The molecular formula is C34H37Cl2N7O5. The number of aromatic nitrogens is 3. The molecule has 0 spiro atoms. The minimum atomic E-state index is -0.463. The minimum absolute atomic E-state index is 0.00661. The first-order valence-electron chi connectivity index (χ1n) is 15.3. The highest BCUT2D eigenvalue weighted by Gasteiger charge is 2.22. The third-order valence-electron chi connectivity index (χ3n) is 7.91. The molecule has 1 unspecified atom stereocenters. The standard InChI is InChI=1S/C34H37Cl2N7O5/c1-43(13-14-44)19-21-15-27(39-18-28(21)47-2)33(46)41-26-6-4-5-24(30(26)35)32-31(36)23(11-12-38-32)25-9-7-20(34(42-25)48-3)16-37-17-22-8-10-29(45)40-22/h4-7,9,11-12,15,18,22,37,44H,8,10,13-14,16-17,19H2,1-3H3,(H,40,45)(H,41,46). The van der Waals surface area contributed by atoms with Gasteiger partial charge in [-0.3, -0.25) is 19.5 Å². The number of pyridine rings is 3.